The summed E-state index contributed by atoms with van der Waals surface area (Å²) in [5.41, 5.74) is 0.623. The standard InChI is InChI=1S/C17H26FNO2/c1-13(16-9-5-6-10-17(16)18)19-11-14(20)12-21-15-7-3-2-4-8-15/h5-6,9-10,13-15,19-20H,2-4,7-8,11-12H2,1H3. The van der Waals surface area contributed by atoms with Crippen molar-refractivity contribution in [2.75, 3.05) is 13.2 Å². The van der Waals surface area contributed by atoms with Crippen LogP contribution in [0, 0.1) is 5.82 Å². The Kier molecular flexibility index (Phi) is 6.61. The molecule has 0 heterocycles. The fourth-order valence-electron chi connectivity index (χ4n) is 2.79. The number of hydrogen-bond donors (Lipinski definition) is 2. The highest BCUT2D eigenvalue weighted by atomic mass is 19.1. The van der Waals surface area contributed by atoms with Crippen molar-refractivity contribution in [2.45, 2.75) is 57.3 Å². The summed E-state index contributed by atoms with van der Waals surface area (Å²) in [6, 6.07) is 6.58. The molecule has 1 saturated carbocycles. The lowest BCUT2D eigenvalue weighted by molar-refractivity contribution is -0.0235. The molecular weight excluding hydrogens is 269 g/mol. The van der Waals surface area contributed by atoms with Crippen LogP contribution in [0.4, 0.5) is 4.39 Å². The predicted octanol–water partition coefficient (Wildman–Crippen LogP) is 3.19. The quantitative estimate of drug-likeness (QED) is 0.812. The first-order chi connectivity index (χ1) is 10.2. The van der Waals surface area contributed by atoms with E-state index in [1.165, 1.54) is 25.3 Å². The molecule has 0 amide bonds. The van der Waals surface area contributed by atoms with Crippen molar-refractivity contribution in [1.82, 2.24) is 5.32 Å². The molecule has 2 rings (SSSR count). The second-order valence-electron chi connectivity index (χ2n) is 5.90. The maximum absolute atomic E-state index is 13.6. The number of rotatable bonds is 7. The number of benzene rings is 1. The van der Waals surface area contributed by atoms with Crippen molar-refractivity contribution in [3.05, 3.63) is 35.6 Å². The minimum atomic E-state index is -0.554. The van der Waals surface area contributed by atoms with Crippen molar-refractivity contribution in [3.63, 3.8) is 0 Å². The summed E-state index contributed by atoms with van der Waals surface area (Å²) in [5, 5.41) is 13.1. The fraction of sp³-hybridized carbons (Fsp3) is 0.647. The normalized spacial score (nSPS) is 19.4. The van der Waals surface area contributed by atoms with E-state index in [9.17, 15) is 9.50 Å². The topological polar surface area (TPSA) is 41.5 Å². The Labute approximate surface area is 126 Å². The van der Waals surface area contributed by atoms with Gasteiger partial charge in [0.25, 0.3) is 0 Å². The molecule has 2 atom stereocenters. The molecule has 1 aromatic rings. The molecule has 118 valence electrons. The van der Waals surface area contributed by atoms with Crippen molar-refractivity contribution in [2.24, 2.45) is 0 Å². The second kappa shape index (κ2) is 8.47. The molecule has 2 unspecified atom stereocenters. The second-order valence-corrected chi connectivity index (χ2v) is 5.90. The summed E-state index contributed by atoms with van der Waals surface area (Å²) in [6.45, 7) is 2.65. The Morgan fingerprint density at radius 2 is 2.00 bits per heavy atom. The molecule has 1 aromatic carbocycles. The first-order valence-electron chi connectivity index (χ1n) is 7.94. The average molecular weight is 295 g/mol. The van der Waals surface area contributed by atoms with Gasteiger partial charge in [0.2, 0.25) is 0 Å². The van der Waals surface area contributed by atoms with Gasteiger partial charge in [-0.15, -0.1) is 0 Å². The monoisotopic (exact) mass is 295 g/mol. The van der Waals surface area contributed by atoms with E-state index in [2.05, 4.69) is 5.32 Å². The van der Waals surface area contributed by atoms with E-state index in [0.29, 0.717) is 24.8 Å². The van der Waals surface area contributed by atoms with Gasteiger partial charge in [0, 0.05) is 18.2 Å². The van der Waals surface area contributed by atoms with E-state index in [-0.39, 0.29) is 11.9 Å². The zero-order chi connectivity index (χ0) is 15.1. The van der Waals surface area contributed by atoms with Gasteiger partial charge < -0.3 is 15.2 Å². The van der Waals surface area contributed by atoms with Crippen LogP contribution in [0.5, 0.6) is 0 Å². The molecule has 0 aliphatic heterocycles. The van der Waals surface area contributed by atoms with Crippen LogP contribution in [0.2, 0.25) is 0 Å². The molecule has 3 nitrogen and oxygen atoms in total. The molecule has 1 aliphatic rings. The van der Waals surface area contributed by atoms with Crippen LogP contribution in [-0.2, 0) is 4.74 Å². The zero-order valence-electron chi connectivity index (χ0n) is 12.7. The van der Waals surface area contributed by atoms with Crippen LogP contribution in [0.15, 0.2) is 24.3 Å². The van der Waals surface area contributed by atoms with Gasteiger partial charge in [0.1, 0.15) is 5.82 Å². The molecule has 0 radical (unpaired) electrons. The maximum atomic E-state index is 13.6. The van der Waals surface area contributed by atoms with Gasteiger partial charge in [-0.05, 0) is 25.8 Å². The lowest BCUT2D eigenvalue weighted by Gasteiger charge is -2.24. The smallest absolute Gasteiger partial charge is 0.127 e. The summed E-state index contributed by atoms with van der Waals surface area (Å²) >= 11 is 0. The molecule has 1 fully saturated rings. The number of halogens is 1. The minimum Gasteiger partial charge on any atom is -0.389 e. The number of aliphatic hydroxyl groups is 1. The molecule has 0 spiro atoms. The lowest BCUT2D eigenvalue weighted by atomic mass is 9.98. The van der Waals surface area contributed by atoms with Gasteiger partial charge in [-0.2, -0.15) is 0 Å². The number of aliphatic hydroxyl groups excluding tert-OH is 1. The molecule has 4 heteroatoms. The Bertz CT molecular complexity index is 421. The zero-order valence-corrected chi connectivity index (χ0v) is 12.7. The van der Waals surface area contributed by atoms with E-state index >= 15 is 0 Å². The minimum absolute atomic E-state index is 0.129. The van der Waals surface area contributed by atoms with Gasteiger partial charge in [-0.1, -0.05) is 37.5 Å². The average Bonchev–Trinajstić information content (AvgIpc) is 2.52. The highest BCUT2D eigenvalue weighted by molar-refractivity contribution is 5.20. The Hall–Kier alpha value is -0.970. The van der Waals surface area contributed by atoms with Gasteiger partial charge in [0.15, 0.2) is 0 Å². The Morgan fingerprint density at radius 1 is 1.29 bits per heavy atom. The fourth-order valence-corrected chi connectivity index (χ4v) is 2.79. The van der Waals surface area contributed by atoms with Crippen LogP contribution in [0.3, 0.4) is 0 Å². The van der Waals surface area contributed by atoms with Gasteiger partial charge in [-0.25, -0.2) is 4.39 Å². The van der Waals surface area contributed by atoms with Crippen molar-refractivity contribution in [1.29, 1.82) is 0 Å². The SMILES string of the molecule is CC(NCC(O)COC1CCCCC1)c1ccccc1F. The summed E-state index contributed by atoms with van der Waals surface area (Å²) in [4.78, 5) is 0. The largest absolute Gasteiger partial charge is 0.389 e. The van der Waals surface area contributed by atoms with Gasteiger partial charge in [-0.3, -0.25) is 0 Å². The third-order valence-electron chi connectivity index (χ3n) is 4.11. The maximum Gasteiger partial charge on any atom is 0.127 e. The van der Waals surface area contributed by atoms with E-state index < -0.39 is 6.10 Å². The number of hydrogen-bond acceptors (Lipinski definition) is 3. The van der Waals surface area contributed by atoms with Crippen molar-refractivity contribution >= 4 is 0 Å². The lowest BCUT2D eigenvalue weighted by Crippen LogP contribution is -2.34. The third kappa shape index (κ3) is 5.38. The summed E-state index contributed by atoms with van der Waals surface area (Å²) in [7, 11) is 0. The van der Waals surface area contributed by atoms with E-state index in [0.717, 1.165) is 12.8 Å². The molecule has 0 bridgehead atoms. The highest BCUT2D eigenvalue weighted by Gasteiger charge is 2.16. The number of nitrogens with one attached hydrogen (secondary N) is 1. The van der Waals surface area contributed by atoms with Crippen LogP contribution < -0.4 is 5.32 Å². The molecule has 0 saturated heterocycles. The van der Waals surface area contributed by atoms with E-state index in [1.54, 1.807) is 12.1 Å². The van der Waals surface area contributed by atoms with E-state index in [4.69, 9.17) is 4.74 Å². The van der Waals surface area contributed by atoms with Crippen molar-refractivity contribution in [3.8, 4) is 0 Å². The predicted molar refractivity (Wildman–Crippen MR) is 81.6 cm³/mol. The first kappa shape index (κ1) is 16.4. The molecule has 0 aromatic heterocycles. The highest BCUT2D eigenvalue weighted by Crippen LogP contribution is 2.20. The Balaban J connectivity index is 1.68. The molecule has 21 heavy (non-hydrogen) atoms. The van der Waals surface area contributed by atoms with Crippen molar-refractivity contribution < 1.29 is 14.2 Å². The molecule has 2 N–H and O–H groups in total. The molecule has 1 aliphatic carbocycles. The summed E-state index contributed by atoms with van der Waals surface area (Å²) in [6.07, 6.45) is 5.70. The van der Waals surface area contributed by atoms with Crippen LogP contribution in [0.25, 0.3) is 0 Å². The summed E-state index contributed by atoms with van der Waals surface area (Å²) < 4.78 is 19.4. The molecular formula is C17H26FNO2. The third-order valence-corrected chi connectivity index (χ3v) is 4.11. The van der Waals surface area contributed by atoms with Crippen LogP contribution in [-0.4, -0.2) is 30.5 Å². The number of ether oxygens (including phenoxy) is 1. The van der Waals surface area contributed by atoms with Crippen LogP contribution in [0.1, 0.15) is 50.6 Å². The Morgan fingerprint density at radius 3 is 2.71 bits per heavy atom. The van der Waals surface area contributed by atoms with Crippen LogP contribution >= 0.6 is 0 Å². The van der Waals surface area contributed by atoms with Gasteiger partial charge >= 0.3 is 0 Å². The van der Waals surface area contributed by atoms with E-state index in [1.807, 2.05) is 13.0 Å². The van der Waals surface area contributed by atoms with Gasteiger partial charge in [0.05, 0.1) is 18.8 Å². The summed E-state index contributed by atoms with van der Waals surface area (Å²) in [5.74, 6) is -0.217. The first-order valence-corrected chi connectivity index (χ1v) is 7.94.